The molecule has 0 amide bonds. The number of rotatable bonds is 5. The summed E-state index contributed by atoms with van der Waals surface area (Å²) in [6, 6.07) is 2.87. The van der Waals surface area contributed by atoms with Gasteiger partial charge in [-0.2, -0.15) is 11.8 Å². The van der Waals surface area contributed by atoms with Crippen molar-refractivity contribution in [2.24, 2.45) is 0 Å². The minimum atomic E-state index is -0.373. The van der Waals surface area contributed by atoms with E-state index in [1.807, 2.05) is 13.2 Å². The number of nitrogens with zero attached hydrogens (tertiary/aromatic N) is 1. The summed E-state index contributed by atoms with van der Waals surface area (Å²) in [6.07, 6.45) is 3.44. The molecule has 15 heavy (non-hydrogen) atoms. The summed E-state index contributed by atoms with van der Waals surface area (Å²) >= 11 is 1.54. The Hall–Kier alpha value is -0.810. The van der Waals surface area contributed by atoms with Crippen molar-refractivity contribution in [2.45, 2.75) is 18.2 Å². The average molecular weight is 230 g/mol. The van der Waals surface area contributed by atoms with Crippen LogP contribution in [0, 0.1) is 5.82 Å². The van der Waals surface area contributed by atoms with Crippen molar-refractivity contribution in [1.29, 1.82) is 0 Å². The largest absolute Gasteiger partial charge is 0.395 e. The van der Waals surface area contributed by atoms with Gasteiger partial charge in [0.1, 0.15) is 0 Å². The highest BCUT2D eigenvalue weighted by atomic mass is 32.2. The first-order valence-electron chi connectivity index (χ1n) is 4.69. The summed E-state index contributed by atoms with van der Waals surface area (Å²) in [4.78, 5) is 3.89. The molecule has 0 spiro atoms. The van der Waals surface area contributed by atoms with Crippen molar-refractivity contribution < 1.29 is 9.50 Å². The smallest absolute Gasteiger partial charge is 0.165 e. The Morgan fingerprint density at radius 1 is 1.67 bits per heavy atom. The van der Waals surface area contributed by atoms with E-state index in [-0.39, 0.29) is 29.5 Å². The number of nitrogens with one attached hydrogen (secondary N) is 1. The SMILES string of the molecule is CSC(CO)C(C)Nc1ncccc1F. The number of aromatic nitrogens is 1. The van der Waals surface area contributed by atoms with E-state index in [1.54, 1.807) is 17.8 Å². The van der Waals surface area contributed by atoms with Crippen molar-refractivity contribution >= 4 is 17.6 Å². The maximum absolute atomic E-state index is 13.2. The Kier molecular flexibility index (Phi) is 4.84. The summed E-state index contributed by atoms with van der Waals surface area (Å²) in [5, 5.41) is 12.0. The van der Waals surface area contributed by atoms with Crippen LogP contribution in [0.4, 0.5) is 10.2 Å². The first-order valence-corrected chi connectivity index (χ1v) is 5.98. The van der Waals surface area contributed by atoms with Crippen molar-refractivity contribution in [2.75, 3.05) is 18.2 Å². The van der Waals surface area contributed by atoms with E-state index in [4.69, 9.17) is 5.11 Å². The van der Waals surface area contributed by atoms with E-state index in [1.165, 1.54) is 12.3 Å². The highest BCUT2D eigenvalue weighted by Gasteiger charge is 2.16. The van der Waals surface area contributed by atoms with Gasteiger partial charge in [0, 0.05) is 17.5 Å². The van der Waals surface area contributed by atoms with Gasteiger partial charge in [0.05, 0.1) is 6.61 Å². The van der Waals surface area contributed by atoms with Crippen LogP contribution < -0.4 is 5.32 Å². The van der Waals surface area contributed by atoms with Crippen LogP contribution in [-0.2, 0) is 0 Å². The normalized spacial score (nSPS) is 14.7. The minimum absolute atomic E-state index is 0.0330. The van der Waals surface area contributed by atoms with E-state index < -0.39 is 0 Å². The van der Waals surface area contributed by atoms with Gasteiger partial charge in [-0.05, 0) is 25.3 Å². The van der Waals surface area contributed by atoms with Crippen molar-refractivity contribution in [3.63, 3.8) is 0 Å². The molecule has 3 nitrogen and oxygen atoms in total. The van der Waals surface area contributed by atoms with Crippen molar-refractivity contribution in [1.82, 2.24) is 4.98 Å². The van der Waals surface area contributed by atoms with Crippen LogP contribution in [-0.4, -0.2) is 34.2 Å². The molecule has 0 aliphatic heterocycles. The summed E-state index contributed by atoms with van der Waals surface area (Å²) in [7, 11) is 0. The monoisotopic (exact) mass is 230 g/mol. The summed E-state index contributed by atoms with van der Waals surface area (Å²) < 4.78 is 13.2. The fourth-order valence-electron chi connectivity index (χ4n) is 1.24. The number of halogens is 1. The van der Waals surface area contributed by atoms with Gasteiger partial charge in [0.2, 0.25) is 0 Å². The Morgan fingerprint density at radius 3 is 2.93 bits per heavy atom. The minimum Gasteiger partial charge on any atom is -0.395 e. The molecule has 0 aliphatic rings. The standard InChI is InChI=1S/C10H15FN2OS/c1-7(9(6-14)15-2)13-10-8(11)4-3-5-12-10/h3-5,7,9,14H,6H2,1-2H3,(H,12,13). The molecule has 2 N–H and O–H groups in total. The maximum atomic E-state index is 13.2. The molecule has 1 aromatic heterocycles. The average Bonchev–Trinajstić information content (AvgIpc) is 2.23. The first-order chi connectivity index (χ1) is 7.19. The Morgan fingerprint density at radius 2 is 2.40 bits per heavy atom. The van der Waals surface area contributed by atoms with Crippen LogP contribution in [0.15, 0.2) is 18.3 Å². The molecule has 0 bridgehead atoms. The predicted octanol–water partition coefficient (Wildman–Crippen LogP) is 1.74. The van der Waals surface area contributed by atoms with E-state index in [9.17, 15) is 4.39 Å². The third kappa shape index (κ3) is 3.35. The van der Waals surface area contributed by atoms with E-state index in [0.717, 1.165) is 0 Å². The molecule has 0 radical (unpaired) electrons. The first kappa shape index (κ1) is 12.3. The van der Waals surface area contributed by atoms with Crippen LogP contribution in [0.25, 0.3) is 0 Å². The number of hydrogen-bond donors (Lipinski definition) is 2. The van der Waals surface area contributed by atoms with Crippen molar-refractivity contribution in [3.05, 3.63) is 24.1 Å². The zero-order valence-corrected chi connectivity index (χ0v) is 9.59. The Balaban J connectivity index is 2.65. The number of hydrogen-bond acceptors (Lipinski definition) is 4. The third-order valence-corrected chi connectivity index (χ3v) is 3.33. The van der Waals surface area contributed by atoms with E-state index in [0.29, 0.717) is 0 Å². The number of pyridine rings is 1. The Labute approximate surface area is 93.1 Å². The van der Waals surface area contributed by atoms with Gasteiger partial charge in [-0.25, -0.2) is 9.37 Å². The molecule has 0 aromatic carbocycles. The van der Waals surface area contributed by atoms with Crippen LogP contribution in [0.3, 0.4) is 0 Å². The summed E-state index contributed by atoms with van der Waals surface area (Å²) in [5.41, 5.74) is 0. The Bertz CT molecular complexity index is 307. The lowest BCUT2D eigenvalue weighted by atomic mass is 10.2. The number of thioether (sulfide) groups is 1. The van der Waals surface area contributed by atoms with Crippen LogP contribution >= 0.6 is 11.8 Å². The van der Waals surface area contributed by atoms with Crippen LogP contribution in [0.5, 0.6) is 0 Å². The molecule has 0 saturated carbocycles. The lowest BCUT2D eigenvalue weighted by molar-refractivity contribution is 0.288. The van der Waals surface area contributed by atoms with E-state index >= 15 is 0 Å². The molecule has 2 atom stereocenters. The highest BCUT2D eigenvalue weighted by Crippen LogP contribution is 2.16. The second-order valence-corrected chi connectivity index (χ2v) is 4.30. The lowest BCUT2D eigenvalue weighted by Gasteiger charge is -2.21. The molecule has 2 unspecified atom stereocenters. The van der Waals surface area contributed by atoms with Crippen LogP contribution in [0.1, 0.15) is 6.92 Å². The summed E-state index contributed by atoms with van der Waals surface area (Å²) in [5.74, 6) is -0.139. The number of aliphatic hydroxyl groups is 1. The van der Waals surface area contributed by atoms with Gasteiger partial charge in [-0.1, -0.05) is 0 Å². The van der Waals surface area contributed by atoms with Crippen molar-refractivity contribution in [3.8, 4) is 0 Å². The zero-order chi connectivity index (χ0) is 11.3. The fourth-order valence-corrected chi connectivity index (χ4v) is 1.86. The third-order valence-electron chi connectivity index (χ3n) is 2.16. The fraction of sp³-hybridized carbons (Fsp3) is 0.500. The molecule has 0 aliphatic carbocycles. The molecule has 1 heterocycles. The number of anilines is 1. The van der Waals surface area contributed by atoms with Gasteiger partial charge in [0.25, 0.3) is 0 Å². The number of aliphatic hydroxyl groups excluding tert-OH is 1. The van der Waals surface area contributed by atoms with Gasteiger partial charge in [0.15, 0.2) is 11.6 Å². The van der Waals surface area contributed by atoms with Gasteiger partial charge in [-0.15, -0.1) is 0 Å². The zero-order valence-electron chi connectivity index (χ0n) is 8.77. The molecule has 1 aromatic rings. The lowest BCUT2D eigenvalue weighted by Crippen LogP contribution is -2.31. The molecular weight excluding hydrogens is 215 g/mol. The topological polar surface area (TPSA) is 45.1 Å². The molecule has 1 rings (SSSR count). The van der Waals surface area contributed by atoms with Gasteiger partial charge in [-0.3, -0.25) is 0 Å². The maximum Gasteiger partial charge on any atom is 0.165 e. The highest BCUT2D eigenvalue weighted by molar-refractivity contribution is 7.99. The quantitative estimate of drug-likeness (QED) is 0.809. The summed E-state index contributed by atoms with van der Waals surface area (Å²) in [6.45, 7) is 1.95. The molecule has 0 fully saturated rings. The van der Waals surface area contributed by atoms with E-state index in [2.05, 4.69) is 10.3 Å². The molecule has 5 heteroatoms. The van der Waals surface area contributed by atoms with Crippen LogP contribution in [0.2, 0.25) is 0 Å². The predicted molar refractivity (Wildman–Crippen MR) is 61.7 cm³/mol. The molecular formula is C10H15FN2OS. The molecule has 84 valence electrons. The molecule has 0 saturated heterocycles. The van der Waals surface area contributed by atoms with Gasteiger partial charge >= 0.3 is 0 Å². The second kappa shape index (κ2) is 5.92. The second-order valence-electron chi connectivity index (χ2n) is 3.22. The van der Waals surface area contributed by atoms with Gasteiger partial charge < -0.3 is 10.4 Å².